The number of fused-ring (bicyclic) bond motifs is 2. The Morgan fingerprint density at radius 3 is 2.50 bits per heavy atom. The lowest BCUT2D eigenvalue weighted by Crippen LogP contribution is -2.52. The number of nitrogens with zero attached hydrogens (tertiary/aromatic N) is 1. The molecule has 1 saturated carbocycles. The van der Waals surface area contributed by atoms with E-state index in [9.17, 15) is 18.0 Å². The van der Waals surface area contributed by atoms with Gasteiger partial charge in [0.15, 0.2) is 5.78 Å². The molecule has 0 spiro atoms. The monoisotopic (exact) mass is 419 g/mol. The number of carbonyl (C=O) groups excluding carboxylic acids is 2. The smallest absolute Gasteiger partial charge is 0.320 e. The zero-order chi connectivity index (χ0) is 19.9. The topological polar surface area (TPSA) is 95.6 Å². The van der Waals surface area contributed by atoms with E-state index in [2.05, 4.69) is 10.0 Å². The summed E-state index contributed by atoms with van der Waals surface area (Å²) in [5.41, 5.74) is 1.19. The molecule has 7 nitrogen and oxygen atoms in total. The Morgan fingerprint density at radius 1 is 1.14 bits per heavy atom. The molecule has 2 aromatic rings. The van der Waals surface area contributed by atoms with Crippen molar-refractivity contribution in [2.24, 2.45) is 5.92 Å². The third kappa shape index (κ3) is 3.69. The average molecular weight is 420 g/mol. The molecular formula is C19H21N3O4S2. The number of rotatable bonds is 5. The van der Waals surface area contributed by atoms with Crippen LogP contribution in [0.3, 0.4) is 0 Å². The molecule has 1 aliphatic heterocycles. The minimum atomic E-state index is -3.57. The van der Waals surface area contributed by atoms with Crippen LogP contribution >= 0.6 is 11.3 Å². The van der Waals surface area contributed by atoms with Crippen molar-refractivity contribution in [1.29, 1.82) is 0 Å². The average Bonchev–Trinajstić information content (AvgIpc) is 3.39. The quantitative estimate of drug-likeness (QED) is 0.729. The van der Waals surface area contributed by atoms with Crippen molar-refractivity contribution < 1.29 is 18.0 Å². The van der Waals surface area contributed by atoms with E-state index in [1.807, 2.05) is 0 Å². The van der Waals surface area contributed by atoms with E-state index in [0.717, 1.165) is 12.8 Å². The molecule has 2 fully saturated rings. The van der Waals surface area contributed by atoms with Crippen molar-refractivity contribution in [2.45, 2.75) is 36.1 Å². The molecular weight excluding hydrogens is 398 g/mol. The molecule has 1 aromatic carbocycles. The number of anilines is 1. The van der Waals surface area contributed by atoms with Gasteiger partial charge in [0.05, 0.1) is 6.04 Å². The maximum atomic E-state index is 12.7. The standard InChI is InChI=1S/C19H21N3O4S2/c1-12(23)14-4-6-15(7-5-14)20-19(24)22-11-13-9-16(17(22)10-13)21-28(25,26)18-3-2-8-27-18/h2-8,13,16-17,21H,9-11H2,1H3,(H,20,24)/t13-,16+,17-/m1/s1. The molecule has 2 N–H and O–H groups in total. The molecule has 2 heterocycles. The van der Waals surface area contributed by atoms with Gasteiger partial charge in [0.25, 0.3) is 0 Å². The highest BCUT2D eigenvalue weighted by molar-refractivity contribution is 7.91. The van der Waals surface area contributed by atoms with Crippen LogP contribution in [0.1, 0.15) is 30.1 Å². The summed E-state index contributed by atoms with van der Waals surface area (Å²) in [7, 11) is -3.57. The van der Waals surface area contributed by atoms with Crippen LogP contribution in [-0.4, -0.2) is 43.8 Å². The lowest BCUT2D eigenvalue weighted by Gasteiger charge is -2.33. The Kier molecular flexibility index (Phi) is 4.98. The predicted molar refractivity (Wildman–Crippen MR) is 107 cm³/mol. The van der Waals surface area contributed by atoms with E-state index in [1.54, 1.807) is 46.7 Å². The Labute approximate surface area is 167 Å². The predicted octanol–water partition coefficient (Wildman–Crippen LogP) is 2.92. The van der Waals surface area contributed by atoms with E-state index in [4.69, 9.17) is 0 Å². The molecule has 2 bridgehead atoms. The van der Waals surface area contributed by atoms with Crippen LogP contribution in [0.4, 0.5) is 10.5 Å². The van der Waals surface area contributed by atoms with Crippen molar-refractivity contribution in [3.8, 4) is 0 Å². The zero-order valence-electron chi connectivity index (χ0n) is 15.3. The fourth-order valence-electron chi connectivity index (χ4n) is 4.04. The van der Waals surface area contributed by atoms with E-state index in [-0.39, 0.29) is 28.1 Å². The second kappa shape index (κ2) is 7.31. The normalized spacial score (nSPS) is 23.8. The molecule has 9 heteroatoms. The van der Waals surface area contributed by atoms with Crippen molar-refractivity contribution >= 4 is 38.9 Å². The van der Waals surface area contributed by atoms with Crippen molar-refractivity contribution in [1.82, 2.24) is 9.62 Å². The largest absolute Gasteiger partial charge is 0.322 e. The Hall–Kier alpha value is -2.23. The molecule has 148 valence electrons. The van der Waals surface area contributed by atoms with Crippen LogP contribution in [0, 0.1) is 5.92 Å². The van der Waals surface area contributed by atoms with Crippen LogP contribution in [0.25, 0.3) is 0 Å². The fraction of sp³-hybridized carbons (Fsp3) is 0.368. The number of benzene rings is 1. The molecule has 1 aromatic heterocycles. The summed E-state index contributed by atoms with van der Waals surface area (Å²) in [5.74, 6) is 0.266. The number of carbonyl (C=O) groups is 2. The number of hydrogen-bond donors (Lipinski definition) is 2. The van der Waals surface area contributed by atoms with Crippen molar-refractivity contribution in [3.05, 3.63) is 47.3 Å². The van der Waals surface area contributed by atoms with Gasteiger partial charge in [-0.3, -0.25) is 4.79 Å². The highest BCUT2D eigenvalue weighted by atomic mass is 32.2. The number of piperidine rings is 1. The molecule has 0 radical (unpaired) electrons. The zero-order valence-corrected chi connectivity index (χ0v) is 16.9. The third-order valence-electron chi connectivity index (χ3n) is 5.35. The first-order chi connectivity index (χ1) is 13.3. The molecule has 28 heavy (non-hydrogen) atoms. The number of likely N-dealkylation sites (tertiary alicyclic amines) is 1. The summed E-state index contributed by atoms with van der Waals surface area (Å²) in [6, 6.07) is 9.33. The van der Waals surface area contributed by atoms with Gasteiger partial charge in [-0.15, -0.1) is 11.3 Å². The maximum absolute atomic E-state index is 12.7. The fourth-order valence-corrected chi connectivity index (χ4v) is 6.33. The number of amides is 2. The number of nitrogens with one attached hydrogen (secondary N) is 2. The number of ketones is 1. The lowest BCUT2D eigenvalue weighted by atomic mass is 10.1. The van der Waals surface area contributed by atoms with Gasteiger partial charge in [-0.05, 0) is 61.4 Å². The van der Waals surface area contributed by atoms with Crippen LogP contribution in [0.2, 0.25) is 0 Å². The van der Waals surface area contributed by atoms with E-state index in [1.165, 1.54) is 18.3 Å². The first-order valence-corrected chi connectivity index (χ1v) is 11.4. The van der Waals surface area contributed by atoms with Crippen molar-refractivity contribution in [3.63, 3.8) is 0 Å². The van der Waals surface area contributed by atoms with E-state index < -0.39 is 10.0 Å². The minimum Gasteiger partial charge on any atom is -0.320 e. The number of thiophene rings is 1. The number of Topliss-reactive ketones (excluding diaryl/α,β-unsaturated/α-hetero) is 1. The minimum absolute atomic E-state index is 0.0319. The van der Waals surface area contributed by atoms with Gasteiger partial charge < -0.3 is 10.2 Å². The van der Waals surface area contributed by atoms with Gasteiger partial charge in [-0.25, -0.2) is 17.9 Å². The number of sulfonamides is 1. The van der Waals surface area contributed by atoms with Crippen molar-refractivity contribution in [2.75, 3.05) is 11.9 Å². The van der Waals surface area contributed by atoms with Crippen LogP contribution in [0.5, 0.6) is 0 Å². The number of hydrogen-bond acceptors (Lipinski definition) is 5. The van der Waals surface area contributed by atoms with Gasteiger partial charge >= 0.3 is 6.03 Å². The van der Waals surface area contributed by atoms with Gasteiger partial charge in [0, 0.05) is 23.8 Å². The SMILES string of the molecule is CC(=O)c1ccc(NC(=O)N2C[C@@H]3C[C@H](NS(=O)(=O)c4cccs4)[C@H]2C3)cc1. The van der Waals surface area contributed by atoms with Gasteiger partial charge in [0.1, 0.15) is 4.21 Å². The Balaban J connectivity index is 1.43. The molecule has 1 aliphatic carbocycles. The summed E-state index contributed by atoms with van der Waals surface area (Å²) < 4.78 is 28.1. The maximum Gasteiger partial charge on any atom is 0.322 e. The van der Waals surface area contributed by atoms with E-state index >= 15 is 0 Å². The first kappa shape index (κ1) is 19.1. The highest BCUT2D eigenvalue weighted by Gasteiger charge is 2.48. The summed E-state index contributed by atoms with van der Waals surface area (Å²) >= 11 is 1.18. The Morgan fingerprint density at radius 2 is 1.89 bits per heavy atom. The highest BCUT2D eigenvalue weighted by Crippen LogP contribution is 2.39. The molecule has 2 aliphatic rings. The third-order valence-corrected chi connectivity index (χ3v) is 8.24. The Bertz CT molecular complexity index is 987. The first-order valence-electron chi connectivity index (χ1n) is 9.08. The van der Waals surface area contributed by atoms with Gasteiger partial charge in [0.2, 0.25) is 10.0 Å². The van der Waals surface area contributed by atoms with Crippen LogP contribution in [0.15, 0.2) is 46.0 Å². The van der Waals surface area contributed by atoms with Crippen LogP contribution in [-0.2, 0) is 10.0 Å². The summed E-state index contributed by atoms with van der Waals surface area (Å²) in [6.45, 7) is 2.12. The lowest BCUT2D eigenvalue weighted by molar-refractivity contribution is 0.101. The second-order valence-corrected chi connectivity index (χ2v) is 10.2. The molecule has 0 unspecified atom stereocenters. The molecule has 1 saturated heterocycles. The summed E-state index contributed by atoms with van der Waals surface area (Å²) in [4.78, 5) is 25.8. The van der Waals surface area contributed by atoms with Gasteiger partial charge in [-0.1, -0.05) is 6.07 Å². The summed E-state index contributed by atoms with van der Waals surface area (Å²) in [6.07, 6.45) is 1.54. The van der Waals surface area contributed by atoms with Gasteiger partial charge in [-0.2, -0.15) is 0 Å². The molecule has 4 rings (SSSR count). The second-order valence-electron chi connectivity index (χ2n) is 7.28. The molecule has 2 amide bonds. The molecule has 3 atom stereocenters. The van der Waals surface area contributed by atoms with E-state index in [0.29, 0.717) is 23.7 Å². The number of urea groups is 1. The summed E-state index contributed by atoms with van der Waals surface area (Å²) in [5, 5.41) is 4.57. The van der Waals surface area contributed by atoms with Crippen LogP contribution < -0.4 is 10.0 Å².